The van der Waals surface area contributed by atoms with Crippen molar-refractivity contribution in [3.8, 4) is 0 Å². The summed E-state index contributed by atoms with van der Waals surface area (Å²) in [5.41, 5.74) is 2.79. The molecule has 1 aromatic heterocycles. The van der Waals surface area contributed by atoms with Gasteiger partial charge < -0.3 is 9.47 Å². The maximum atomic E-state index is 12.7. The van der Waals surface area contributed by atoms with Crippen LogP contribution in [0.4, 0.5) is 0 Å². The monoisotopic (exact) mass is 299 g/mol. The summed E-state index contributed by atoms with van der Waals surface area (Å²) in [6.07, 6.45) is 2.33. The van der Waals surface area contributed by atoms with E-state index in [0.29, 0.717) is 12.0 Å². The van der Waals surface area contributed by atoms with Crippen LogP contribution in [0.1, 0.15) is 55.8 Å². The first-order valence-electron chi connectivity index (χ1n) is 8.25. The van der Waals surface area contributed by atoms with E-state index in [-0.39, 0.29) is 5.91 Å². The molecule has 0 aliphatic carbocycles. The van der Waals surface area contributed by atoms with E-state index in [4.69, 9.17) is 0 Å². The SMILES string of the molecule is Cc1nc2cc(C(=O)N3CCCC(C)C3)ccc2n1C(C)C. The van der Waals surface area contributed by atoms with E-state index in [1.807, 2.05) is 30.0 Å². The minimum atomic E-state index is 0.144. The van der Waals surface area contributed by atoms with Crippen LogP contribution in [0.2, 0.25) is 0 Å². The van der Waals surface area contributed by atoms with Gasteiger partial charge in [-0.15, -0.1) is 0 Å². The Morgan fingerprint density at radius 3 is 2.82 bits per heavy atom. The summed E-state index contributed by atoms with van der Waals surface area (Å²) in [6.45, 7) is 10.3. The van der Waals surface area contributed by atoms with Gasteiger partial charge in [-0.2, -0.15) is 0 Å². The first-order valence-corrected chi connectivity index (χ1v) is 8.25. The number of piperidine rings is 1. The lowest BCUT2D eigenvalue weighted by Gasteiger charge is -2.31. The van der Waals surface area contributed by atoms with Crippen LogP contribution in [0.5, 0.6) is 0 Å². The highest BCUT2D eigenvalue weighted by Crippen LogP contribution is 2.23. The van der Waals surface area contributed by atoms with Crippen LogP contribution in [0.15, 0.2) is 18.2 Å². The van der Waals surface area contributed by atoms with Crippen molar-refractivity contribution < 1.29 is 4.79 Å². The molecule has 0 radical (unpaired) electrons. The number of hydrogen-bond acceptors (Lipinski definition) is 2. The van der Waals surface area contributed by atoms with Crippen molar-refractivity contribution in [3.05, 3.63) is 29.6 Å². The maximum Gasteiger partial charge on any atom is 0.253 e. The number of carbonyl (C=O) groups excluding carboxylic acids is 1. The quantitative estimate of drug-likeness (QED) is 0.846. The van der Waals surface area contributed by atoms with Gasteiger partial charge in [-0.25, -0.2) is 4.98 Å². The first kappa shape index (κ1) is 15.1. The zero-order valence-corrected chi connectivity index (χ0v) is 14.0. The molecular weight excluding hydrogens is 274 g/mol. The van der Waals surface area contributed by atoms with Gasteiger partial charge in [-0.05, 0) is 57.7 Å². The van der Waals surface area contributed by atoms with Crippen molar-refractivity contribution in [3.63, 3.8) is 0 Å². The Balaban J connectivity index is 1.93. The van der Waals surface area contributed by atoms with Gasteiger partial charge in [-0.3, -0.25) is 4.79 Å². The highest BCUT2D eigenvalue weighted by atomic mass is 16.2. The van der Waals surface area contributed by atoms with Gasteiger partial charge in [0, 0.05) is 24.7 Å². The second-order valence-corrected chi connectivity index (χ2v) is 6.82. The van der Waals surface area contributed by atoms with Gasteiger partial charge in [0.15, 0.2) is 0 Å². The highest BCUT2D eigenvalue weighted by Gasteiger charge is 2.22. The number of benzene rings is 1. The summed E-state index contributed by atoms with van der Waals surface area (Å²) >= 11 is 0. The smallest absolute Gasteiger partial charge is 0.253 e. The van der Waals surface area contributed by atoms with Crippen LogP contribution in [0.25, 0.3) is 11.0 Å². The number of amides is 1. The number of aromatic nitrogens is 2. The molecule has 1 aliphatic heterocycles. The van der Waals surface area contributed by atoms with Gasteiger partial charge >= 0.3 is 0 Å². The fourth-order valence-electron chi connectivity index (χ4n) is 3.56. The molecule has 118 valence electrons. The van der Waals surface area contributed by atoms with E-state index in [1.165, 1.54) is 6.42 Å². The zero-order valence-electron chi connectivity index (χ0n) is 14.0. The molecule has 3 rings (SSSR count). The standard InChI is InChI=1S/C18H25N3O/c1-12(2)21-14(4)19-16-10-15(7-8-17(16)21)18(22)20-9-5-6-13(3)11-20/h7-8,10,12-13H,5-6,9,11H2,1-4H3. The topological polar surface area (TPSA) is 38.1 Å². The summed E-state index contributed by atoms with van der Waals surface area (Å²) < 4.78 is 2.21. The van der Waals surface area contributed by atoms with Crippen molar-refractivity contribution in [1.29, 1.82) is 0 Å². The predicted octanol–water partition coefficient (Wildman–Crippen LogP) is 3.80. The Hall–Kier alpha value is -1.84. The van der Waals surface area contributed by atoms with E-state index in [0.717, 1.165) is 41.9 Å². The lowest BCUT2D eigenvalue weighted by Crippen LogP contribution is -2.39. The number of nitrogens with zero attached hydrogens (tertiary/aromatic N) is 3. The number of hydrogen-bond donors (Lipinski definition) is 0. The molecule has 0 bridgehead atoms. The van der Waals surface area contributed by atoms with Crippen molar-refractivity contribution in [2.75, 3.05) is 13.1 Å². The Bertz CT molecular complexity index is 702. The van der Waals surface area contributed by atoms with Gasteiger partial charge in [0.25, 0.3) is 5.91 Å². The Morgan fingerprint density at radius 1 is 1.36 bits per heavy atom. The average molecular weight is 299 g/mol. The lowest BCUT2D eigenvalue weighted by molar-refractivity contribution is 0.0683. The summed E-state index contributed by atoms with van der Waals surface area (Å²) in [5, 5.41) is 0. The molecule has 1 saturated heterocycles. The number of aryl methyl sites for hydroxylation is 1. The molecule has 2 heterocycles. The van der Waals surface area contributed by atoms with Gasteiger partial charge in [0.05, 0.1) is 11.0 Å². The normalized spacial score (nSPS) is 19.1. The molecule has 1 aliphatic rings. The molecule has 1 unspecified atom stereocenters. The van der Waals surface area contributed by atoms with E-state index in [9.17, 15) is 4.79 Å². The fraction of sp³-hybridized carbons (Fsp3) is 0.556. The third-order valence-electron chi connectivity index (χ3n) is 4.57. The third-order valence-corrected chi connectivity index (χ3v) is 4.57. The van der Waals surface area contributed by atoms with E-state index in [1.54, 1.807) is 0 Å². The molecule has 1 atom stereocenters. The number of likely N-dealkylation sites (tertiary alicyclic amines) is 1. The summed E-state index contributed by atoms with van der Waals surface area (Å²) in [4.78, 5) is 19.3. The van der Waals surface area contributed by atoms with Crippen LogP contribution in [-0.2, 0) is 0 Å². The van der Waals surface area contributed by atoms with Gasteiger partial charge in [-0.1, -0.05) is 6.92 Å². The lowest BCUT2D eigenvalue weighted by atomic mass is 9.99. The molecule has 1 aromatic carbocycles. The second kappa shape index (κ2) is 5.75. The van der Waals surface area contributed by atoms with Gasteiger partial charge in [0.1, 0.15) is 5.82 Å². The summed E-state index contributed by atoms with van der Waals surface area (Å²) in [5.74, 6) is 1.75. The van der Waals surface area contributed by atoms with E-state index < -0.39 is 0 Å². The summed E-state index contributed by atoms with van der Waals surface area (Å²) in [6, 6.07) is 6.30. The molecule has 4 nitrogen and oxygen atoms in total. The van der Waals surface area contributed by atoms with E-state index in [2.05, 4.69) is 30.3 Å². The number of rotatable bonds is 2. The zero-order chi connectivity index (χ0) is 15.9. The van der Waals surface area contributed by atoms with Crippen molar-refractivity contribution in [2.45, 2.75) is 46.6 Å². The van der Waals surface area contributed by atoms with Crippen molar-refractivity contribution in [1.82, 2.24) is 14.5 Å². The van der Waals surface area contributed by atoms with Crippen LogP contribution in [-0.4, -0.2) is 33.4 Å². The van der Waals surface area contributed by atoms with E-state index >= 15 is 0 Å². The second-order valence-electron chi connectivity index (χ2n) is 6.82. The molecule has 1 amide bonds. The fourth-order valence-corrected chi connectivity index (χ4v) is 3.56. The molecule has 22 heavy (non-hydrogen) atoms. The van der Waals surface area contributed by atoms with Crippen LogP contribution in [0, 0.1) is 12.8 Å². The summed E-state index contributed by atoms with van der Waals surface area (Å²) in [7, 11) is 0. The maximum absolute atomic E-state index is 12.7. The minimum absolute atomic E-state index is 0.144. The van der Waals surface area contributed by atoms with Crippen LogP contribution >= 0.6 is 0 Å². The molecule has 0 saturated carbocycles. The number of carbonyl (C=O) groups is 1. The predicted molar refractivity (Wildman–Crippen MR) is 89.2 cm³/mol. The Kier molecular flexibility index (Phi) is 3.94. The molecule has 1 fully saturated rings. The molecule has 4 heteroatoms. The van der Waals surface area contributed by atoms with Crippen molar-refractivity contribution in [2.24, 2.45) is 5.92 Å². The molecule has 0 N–H and O–H groups in total. The first-order chi connectivity index (χ1) is 10.5. The molecule has 2 aromatic rings. The highest BCUT2D eigenvalue weighted by molar-refractivity contribution is 5.97. The van der Waals surface area contributed by atoms with Crippen LogP contribution in [0.3, 0.4) is 0 Å². The Labute approximate surface area is 132 Å². The molecule has 0 spiro atoms. The molecular formula is C18H25N3O. The van der Waals surface area contributed by atoms with Crippen LogP contribution < -0.4 is 0 Å². The van der Waals surface area contributed by atoms with Gasteiger partial charge in [0.2, 0.25) is 0 Å². The average Bonchev–Trinajstić information content (AvgIpc) is 2.81. The largest absolute Gasteiger partial charge is 0.338 e. The Morgan fingerprint density at radius 2 is 2.14 bits per heavy atom. The number of imidazole rings is 1. The third kappa shape index (κ3) is 2.62. The number of fused-ring (bicyclic) bond motifs is 1. The van der Waals surface area contributed by atoms with Crippen molar-refractivity contribution >= 4 is 16.9 Å². The minimum Gasteiger partial charge on any atom is -0.338 e.